The fraction of sp³-hybridized carbons (Fsp3) is 0.364. The van der Waals surface area contributed by atoms with Gasteiger partial charge in [-0.2, -0.15) is 9.30 Å². The van der Waals surface area contributed by atoms with Crippen LogP contribution in [0.4, 0.5) is 4.39 Å². The second-order valence-corrected chi connectivity index (χ2v) is 10.5. The molecule has 2 aromatic carbocycles. The molecule has 0 spiro atoms. The SMILES string of the molecule is CCn1c(=NC(=O)C2CCN(S(=O)(=O)c3ccc(OC)cc3)CC2)sc2cc(F)ccc21. The van der Waals surface area contributed by atoms with E-state index in [-0.39, 0.29) is 35.6 Å². The summed E-state index contributed by atoms with van der Waals surface area (Å²) in [5, 5.41) is 0. The summed E-state index contributed by atoms with van der Waals surface area (Å²) in [4.78, 5) is 17.9. The third-order valence-electron chi connectivity index (χ3n) is 5.67. The average molecular weight is 478 g/mol. The molecule has 0 unspecified atom stereocenters. The summed E-state index contributed by atoms with van der Waals surface area (Å²) in [6.07, 6.45) is 0.812. The van der Waals surface area contributed by atoms with E-state index in [1.807, 2.05) is 11.5 Å². The molecule has 0 bridgehead atoms. The first-order chi connectivity index (χ1) is 15.3. The Hall–Kier alpha value is -2.56. The topological polar surface area (TPSA) is 81.0 Å². The Morgan fingerprint density at radius 2 is 1.88 bits per heavy atom. The lowest BCUT2D eigenvalue weighted by atomic mass is 9.98. The van der Waals surface area contributed by atoms with Crippen molar-refractivity contribution < 1.29 is 22.3 Å². The van der Waals surface area contributed by atoms with Crippen LogP contribution in [0.3, 0.4) is 0 Å². The van der Waals surface area contributed by atoms with Gasteiger partial charge >= 0.3 is 0 Å². The van der Waals surface area contributed by atoms with Gasteiger partial charge in [0.15, 0.2) is 4.80 Å². The summed E-state index contributed by atoms with van der Waals surface area (Å²) in [5.41, 5.74) is 0.839. The van der Waals surface area contributed by atoms with Gasteiger partial charge in [0, 0.05) is 25.6 Å². The van der Waals surface area contributed by atoms with Gasteiger partial charge in [0.2, 0.25) is 10.0 Å². The Morgan fingerprint density at radius 1 is 1.19 bits per heavy atom. The van der Waals surface area contributed by atoms with Crippen LogP contribution in [-0.4, -0.2) is 43.4 Å². The Balaban J connectivity index is 1.49. The molecule has 0 aliphatic carbocycles. The zero-order chi connectivity index (χ0) is 22.9. The van der Waals surface area contributed by atoms with Crippen molar-refractivity contribution in [2.75, 3.05) is 20.2 Å². The summed E-state index contributed by atoms with van der Waals surface area (Å²) in [6.45, 7) is 3.06. The van der Waals surface area contributed by atoms with Gasteiger partial charge in [-0.15, -0.1) is 0 Å². The maximum absolute atomic E-state index is 13.6. The van der Waals surface area contributed by atoms with Crippen LogP contribution in [0.2, 0.25) is 0 Å². The molecule has 1 aliphatic heterocycles. The molecule has 1 aromatic heterocycles. The molecule has 2 heterocycles. The standard InChI is InChI=1S/C22H24FN3O4S2/c1-3-26-19-9-4-16(23)14-20(19)31-22(26)24-21(27)15-10-12-25(13-11-15)32(28,29)18-7-5-17(30-2)6-8-18/h4-9,14-15H,3,10-13H2,1-2H3. The van der Waals surface area contributed by atoms with Crippen molar-refractivity contribution in [1.29, 1.82) is 0 Å². The summed E-state index contributed by atoms with van der Waals surface area (Å²) < 4.78 is 48.5. The highest BCUT2D eigenvalue weighted by molar-refractivity contribution is 7.89. The number of ether oxygens (including phenoxy) is 1. The van der Waals surface area contributed by atoms with Crippen molar-refractivity contribution in [3.63, 3.8) is 0 Å². The molecule has 1 fully saturated rings. The molecule has 3 aromatic rings. The highest BCUT2D eigenvalue weighted by atomic mass is 32.2. The molecular weight excluding hydrogens is 453 g/mol. The monoisotopic (exact) mass is 477 g/mol. The van der Waals surface area contributed by atoms with Gasteiger partial charge in [-0.3, -0.25) is 4.79 Å². The Bertz CT molecular complexity index is 1310. The number of hydrogen-bond acceptors (Lipinski definition) is 5. The van der Waals surface area contributed by atoms with E-state index in [1.54, 1.807) is 18.2 Å². The summed E-state index contributed by atoms with van der Waals surface area (Å²) in [6, 6.07) is 10.8. The Kier molecular flexibility index (Phi) is 6.45. The van der Waals surface area contributed by atoms with E-state index in [1.165, 1.54) is 47.0 Å². The van der Waals surface area contributed by atoms with Crippen molar-refractivity contribution in [3.8, 4) is 5.75 Å². The minimum Gasteiger partial charge on any atom is -0.497 e. The number of halogens is 1. The molecule has 1 amide bonds. The third-order valence-corrected chi connectivity index (χ3v) is 8.62. The van der Waals surface area contributed by atoms with Gasteiger partial charge in [0.25, 0.3) is 5.91 Å². The molecule has 32 heavy (non-hydrogen) atoms. The number of rotatable bonds is 5. The summed E-state index contributed by atoms with van der Waals surface area (Å²) in [5.74, 6) is -0.348. The first-order valence-corrected chi connectivity index (χ1v) is 12.6. The number of carbonyl (C=O) groups excluding carboxylic acids is 1. The normalized spacial score (nSPS) is 16.5. The van der Waals surface area contributed by atoms with E-state index in [2.05, 4.69) is 4.99 Å². The molecule has 0 radical (unpaired) electrons. The predicted molar refractivity (Wildman–Crippen MR) is 120 cm³/mol. The number of thiazole rings is 1. The number of piperidine rings is 1. The van der Waals surface area contributed by atoms with E-state index in [0.29, 0.717) is 29.9 Å². The van der Waals surface area contributed by atoms with Gasteiger partial charge in [0.05, 0.1) is 22.2 Å². The number of carbonyl (C=O) groups is 1. The van der Waals surface area contributed by atoms with Crippen molar-refractivity contribution in [3.05, 3.63) is 53.1 Å². The van der Waals surface area contributed by atoms with E-state index in [4.69, 9.17) is 4.74 Å². The second kappa shape index (κ2) is 9.13. The molecule has 1 aliphatic rings. The van der Waals surface area contributed by atoms with Crippen LogP contribution in [0.5, 0.6) is 5.75 Å². The fourth-order valence-electron chi connectivity index (χ4n) is 3.86. The lowest BCUT2D eigenvalue weighted by Crippen LogP contribution is -2.40. The highest BCUT2D eigenvalue weighted by Gasteiger charge is 2.32. The van der Waals surface area contributed by atoms with Crippen LogP contribution >= 0.6 is 11.3 Å². The maximum Gasteiger partial charge on any atom is 0.251 e. The smallest absolute Gasteiger partial charge is 0.251 e. The molecule has 1 saturated heterocycles. The van der Waals surface area contributed by atoms with Crippen LogP contribution in [0, 0.1) is 11.7 Å². The highest BCUT2D eigenvalue weighted by Crippen LogP contribution is 2.26. The predicted octanol–water partition coefficient (Wildman–Crippen LogP) is 3.40. The zero-order valence-corrected chi connectivity index (χ0v) is 19.5. The molecular formula is C22H24FN3O4S2. The maximum atomic E-state index is 13.6. The first-order valence-electron chi connectivity index (χ1n) is 10.3. The van der Waals surface area contributed by atoms with Gasteiger partial charge < -0.3 is 9.30 Å². The Morgan fingerprint density at radius 3 is 2.50 bits per heavy atom. The van der Waals surface area contributed by atoms with Crippen LogP contribution in [-0.2, 0) is 21.4 Å². The van der Waals surface area contributed by atoms with Crippen molar-refractivity contribution in [2.45, 2.75) is 31.2 Å². The van der Waals surface area contributed by atoms with Gasteiger partial charge in [-0.25, -0.2) is 12.8 Å². The number of nitrogens with zero attached hydrogens (tertiary/aromatic N) is 3. The molecule has 0 atom stereocenters. The number of fused-ring (bicyclic) bond motifs is 1. The van der Waals surface area contributed by atoms with Crippen molar-refractivity contribution in [1.82, 2.24) is 8.87 Å². The number of aromatic nitrogens is 1. The first kappa shape index (κ1) is 22.6. The minimum atomic E-state index is -3.63. The molecule has 7 nitrogen and oxygen atoms in total. The van der Waals surface area contributed by atoms with Crippen molar-refractivity contribution in [2.24, 2.45) is 10.9 Å². The third kappa shape index (κ3) is 4.35. The van der Waals surface area contributed by atoms with Crippen LogP contribution < -0.4 is 9.54 Å². The number of methoxy groups -OCH3 is 1. The number of hydrogen-bond donors (Lipinski definition) is 0. The van der Waals surface area contributed by atoms with Gasteiger partial charge in [-0.05, 0) is 62.2 Å². The molecule has 0 saturated carbocycles. The van der Waals surface area contributed by atoms with Gasteiger partial charge in [-0.1, -0.05) is 11.3 Å². The summed E-state index contributed by atoms with van der Waals surface area (Å²) in [7, 11) is -2.11. The minimum absolute atomic E-state index is 0.203. The van der Waals surface area contributed by atoms with Crippen LogP contribution in [0.15, 0.2) is 52.4 Å². The zero-order valence-electron chi connectivity index (χ0n) is 17.8. The number of aryl methyl sites for hydroxylation is 1. The largest absolute Gasteiger partial charge is 0.497 e. The lowest BCUT2D eigenvalue weighted by molar-refractivity contribution is -0.122. The number of sulfonamides is 1. The van der Waals surface area contributed by atoms with Crippen LogP contribution in [0.25, 0.3) is 10.2 Å². The lowest BCUT2D eigenvalue weighted by Gasteiger charge is -2.29. The molecule has 10 heteroatoms. The van der Waals surface area contributed by atoms with Gasteiger partial charge in [0.1, 0.15) is 11.6 Å². The molecule has 170 valence electrons. The van der Waals surface area contributed by atoms with E-state index in [9.17, 15) is 17.6 Å². The quantitative estimate of drug-likeness (QED) is 0.564. The Labute approximate surface area is 189 Å². The fourth-order valence-corrected chi connectivity index (χ4v) is 6.46. The molecule has 0 N–H and O–H groups in total. The van der Waals surface area contributed by atoms with E-state index in [0.717, 1.165) is 10.2 Å². The van der Waals surface area contributed by atoms with E-state index < -0.39 is 10.0 Å². The number of amides is 1. The average Bonchev–Trinajstić information content (AvgIpc) is 3.14. The summed E-state index contributed by atoms with van der Waals surface area (Å²) >= 11 is 1.28. The van der Waals surface area contributed by atoms with Crippen molar-refractivity contribution >= 4 is 37.5 Å². The second-order valence-electron chi connectivity index (χ2n) is 7.54. The van der Waals surface area contributed by atoms with Crippen LogP contribution in [0.1, 0.15) is 19.8 Å². The van der Waals surface area contributed by atoms with E-state index >= 15 is 0 Å². The molecule has 4 rings (SSSR count). The number of benzene rings is 2.